The van der Waals surface area contributed by atoms with Gasteiger partial charge in [0, 0.05) is 30.0 Å². The number of piperidine rings is 1. The van der Waals surface area contributed by atoms with Gasteiger partial charge in [0.05, 0.1) is 5.69 Å². The van der Waals surface area contributed by atoms with Gasteiger partial charge in [-0.15, -0.1) is 0 Å². The minimum atomic E-state index is -1.05. The maximum Gasteiger partial charge on any atom is 0.356 e. The fourth-order valence-electron chi connectivity index (χ4n) is 3.81. The molecule has 4 rings (SSSR count). The maximum absolute atomic E-state index is 11.6. The van der Waals surface area contributed by atoms with E-state index in [9.17, 15) is 14.7 Å². The number of likely N-dealkylation sites (tertiary alicyclic amines) is 1. The molecule has 0 spiro atoms. The van der Waals surface area contributed by atoms with E-state index in [1.165, 1.54) is 6.42 Å². The average Bonchev–Trinajstić information content (AvgIpc) is 3.20. The molecule has 174 valence electrons. The van der Waals surface area contributed by atoms with E-state index in [2.05, 4.69) is 9.97 Å². The molecule has 0 atom stereocenters. The molecular formula is C24H28ClN5O3. The molecule has 1 aliphatic rings. The Labute approximate surface area is 198 Å². The molecule has 1 aromatic carbocycles. The van der Waals surface area contributed by atoms with Crippen LogP contribution in [0.1, 0.15) is 47.9 Å². The largest absolute Gasteiger partial charge is 0.476 e. The number of aromatic carboxylic acids is 1. The molecule has 0 radical (unpaired) electrons. The number of hydrogen-bond donors (Lipinski definition) is 2. The maximum atomic E-state index is 11.6. The Morgan fingerprint density at radius 1 is 1.12 bits per heavy atom. The molecule has 0 unspecified atom stereocenters. The molecule has 1 fully saturated rings. The molecule has 1 aliphatic heterocycles. The molecule has 3 aromatic rings. The molecule has 33 heavy (non-hydrogen) atoms. The van der Waals surface area contributed by atoms with Crippen molar-refractivity contribution in [2.75, 3.05) is 13.1 Å². The van der Waals surface area contributed by atoms with Gasteiger partial charge in [-0.25, -0.2) is 14.6 Å². The number of aromatic nitrogens is 3. The summed E-state index contributed by atoms with van der Waals surface area (Å²) in [6.07, 6.45) is 5.67. The Morgan fingerprint density at radius 2 is 1.79 bits per heavy atom. The number of urea groups is 1. The van der Waals surface area contributed by atoms with E-state index in [4.69, 9.17) is 17.3 Å². The lowest BCUT2D eigenvalue weighted by atomic mass is 10.1. The third-order valence-electron chi connectivity index (χ3n) is 5.48. The van der Waals surface area contributed by atoms with Crippen LogP contribution in [0.4, 0.5) is 4.79 Å². The van der Waals surface area contributed by atoms with Crippen molar-refractivity contribution in [1.82, 2.24) is 19.4 Å². The van der Waals surface area contributed by atoms with Gasteiger partial charge in [0.25, 0.3) is 0 Å². The van der Waals surface area contributed by atoms with E-state index >= 15 is 0 Å². The van der Waals surface area contributed by atoms with Gasteiger partial charge in [0.1, 0.15) is 5.69 Å². The van der Waals surface area contributed by atoms with Crippen molar-refractivity contribution >= 4 is 23.6 Å². The van der Waals surface area contributed by atoms with Gasteiger partial charge in [-0.05, 0) is 68.5 Å². The first-order chi connectivity index (χ1) is 15.8. The Balaban J connectivity index is 0.000000286. The molecule has 8 nitrogen and oxygen atoms in total. The highest BCUT2D eigenvalue weighted by Gasteiger charge is 2.24. The average molecular weight is 470 g/mol. The first-order valence-corrected chi connectivity index (χ1v) is 11.3. The van der Waals surface area contributed by atoms with E-state index in [0.717, 1.165) is 37.2 Å². The minimum Gasteiger partial charge on any atom is -0.476 e. The first-order valence-electron chi connectivity index (χ1n) is 10.9. The van der Waals surface area contributed by atoms with Crippen molar-refractivity contribution in [2.45, 2.75) is 39.5 Å². The standard InChI is InChI=1S/C18H16ClN3O2.C6H12N2O/c1-3-14-16(18(23)24)21-17(15-11(2)5-4-10-20-15)22(14)13-8-6-12(19)7-9-13;7-6(9)8-4-2-1-3-5-8/h4-10H,3H2,1-2H3,(H,23,24);1-5H2,(H2,7,9). The zero-order chi connectivity index (χ0) is 24.0. The summed E-state index contributed by atoms with van der Waals surface area (Å²) in [7, 11) is 0. The fraction of sp³-hybridized carbons (Fsp3) is 0.333. The molecule has 3 heterocycles. The highest BCUT2D eigenvalue weighted by molar-refractivity contribution is 6.30. The second-order valence-corrected chi connectivity index (χ2v) is 8.19. The van der Waals surface area contributed by atoms with Gasteiger partial charge in [0.2, 0.25) is 0 Å². The number of aryl methyl sites for hydroxylation is 1. The predicted molar refractivity (Wildman–Crippen MR) is 128 cm³/mol. The number of hydrogen-bond acceptors (Lipinski definition) is 4. The van der Waals surface area contributed by atoms with E-state index in [0.29, 0.717) is 28.7 Å². The number of carbonyl (C=O) groups is 2. The van der Waals surface area contributed by atoms with Crippen molar-refractivity contribution in [3.05, 3.63) is 64.6 Å². The number of amides is 2. The summed E-state index contributed by atoms with van der Waals surface area (Å²) in [5.74, 6) is -0.529. The number of nitrogens with two attached hydrogens (primary N) is 1. The van der Waals surface area contributed by atoms with Crippen LogP contribution in [0.2, 0.25) is 5.02 Å². The molecule has 2 amide bonds. The van der Waals surface area contributed by atoms with Crippen LogP contribution in [-0.4, -0.2) is 49.6 Å². The number of halogens is 1. The minimum absolute atomic E-state index is 0.0486. The number of carbonyl (C=O) groups excluding carboxylic acids is 1. The van der Waals surface area contributed by atoms with E-state index in [-0.39, 0.29) is 11.7 Å². The molecule has 9 heteroatoms. The number of nitrogens with zero attached hydrogens (tertiary/aromatic N) is 4. The van der Waals surface area contributed by atoms with E-state index < -0.39 is 5.97 Å². The highest BCUT2D eigenvalue weighted by Crippen LogP contribution is 2.28. The van der Waals surface area contributed by atoms with Crippen molar-refractivity contribution in [3.63, 3.8) is 0 Å². The van der Waals surface area contributed by atoms with Crippen molar-refractivity contribution in [2.24, 2.45) is 5.73 Å². The number of rotatable bonds is 4. The molecular weight excluding hydrogens is 442 g/mol. The predicted octanol–water partition coefficient (Wildman–Crippen LogP) is 4.71. The third kappa shape index (κ3) is 5.70. The number of imidazole rings is 1. The van der Waals surface area contributed by atoms with Gasteiger partial charge >= 0.3 is 12.0 Å². The highest BCUT2D eigenvalue weighted by atomic mass is 35.5. The van der Waals surface area contributed by atoms with Crippen LogP contribution in [0.15, 0.2) is 42.6 Å². The van der Waals surface area contributed by atoms with Gasteiger partial charge in [-0.3, -0.25) is 9.55 Å². The van der Waals surface area contributed by atoms with Crippen LogP contribution < -0.4 is 5.73 Å². The summed E-state index contributed by atoms with van der Waals surface area (Å²) in [6, 6.07) is 10.7. The molecule has 0 aliphatic carbocycles. The lowest BCUT2D eigenvalue weighted by Gasteiger charge is -2.24. The second-order valence-electron chi connectivity index (χ2n) is 7.76. The van der Waals surface area contributed by atoms with Crippen LogP contribution in [0.3, 0.4) is 0 Å². The monoisotopic (exact) mass is 469 g/mol. The van der Waals surface area contributed by atoms with Crippen LogP contribution >= 0.6 is 11.6 Å². The number of benzene rings is 1. The smallest absolute Gasteiger partial charge is 0.356 e. The Morgan fingerprint density at radius 3 is 2.30 bits per heavy atom. The second kappa shape index (κ2) is 11.0. The van der Waals surface area contributed by atoms with Crippen LogP contribution in [-0.2, 0) is 6.42 Å². The van der Waals surface area contributed by atoms with Crippen LogP contribution in [0.25, 0.3) is 17.2 Å². The van der Waals surface area contributed by atoms with Gasteiger partial charge in [-0.1, -0.05) is 24.6 Å². The molecule has 0 bridgehead atoms. The Hall–Kier alpha value is -3.39. The van der Waals surface area contributed by atoms with Crippen molar-refractivity contribution in [3.8, 4) is 17.2 Å². The lowest BCUT2D eigenvalue weighted by molar-refractivity contribution is 0.0689. The summed E-state index contributed by atoms with van der Waals surface area (Å²) < 4.78 is 1.84. The zero-order valence-corrected chi connectivity index (χ0v) is 19.5. The molecule has 3 N–H and O–H groups in total. The molecule has 1 saturated heterocycles. The summed E-state index contributed by atoms with van der Waals surface area (Å²) in [6.45, 7) is 5.55. The van der Waals surface area contributed by atoms with Gasteiger partial charge in [0.15, 0.2) is 11.5 Å². The summed E-state index contributed by atoms with van der Waals surface area (Å²) in [5.41, 5.74) is 8.12. The van der Waals surface area contributed by atoms with Crippen LogP contribution in [0, 0.1) is 6.92 Å². The summed E-state index contributed by atoms with van der Waals surface area (Å²) in [4.78, 5) is 32.6. The Kier molecular flexibility index (Phi) is 8.06. The number of carboxylic acids is 1. The van der Waals surface area contributed by atoms with Gasteiger partial charge in [-0.2, -0.15) is 0 Å². The SMILES string of the molecule is CCc1c(C(=O)O)nc(-c2ncccc2C)n1-c1ccc(Cl)cc1.NC(=O)N1CCCCC1. The first kappa shape index (κ1) is 24.3. The topological polar surface area (TPSA) is 114 Å². The number of pyridine rings is 1. The van der Waals surface area contributed by atoms with Crippen LogP contribution in [0.5, 0.6) is 0 Å². The van der Waals surface area contributed by atoms with Crippen molar-refractivity contribution in [1.29, 1.82) is 0 Å². The zero-order valence-electron chi connectivity index (χ0n) is 18.8. The van der Waals surface area contributed by atoms with Crippen molar-refractivity contribution < 1.29 is 14.7 Å². The Bertz CT molecular complexity index is 1120. The summed E-state index contributed by atoms with van der Waals surface area (Å²) in [5, 5.41) is 10.1. The summed E-state index contributed by atoms with van der Waals surface area (Å²) >= 11 is 5.98. The quantitative estimate of drug-likeness (QED) is 0.574. The number of primary amides is 1. The molecule has 2 aromatic heterocycles. The van der Waals surface area contributed by atoms with E-state index in [1.54, 1.807) is 23.2 Å². The molecule has 0 saturated carbocycles. The number of carboxylic acid groups (broad SMARTS) is 1. The van der Waals surface area contributed by atoms with E-state index in [1.807, 2.05) is 42.7 Å². The third-order valence-corrected chi connectivity index (χ3v) is 5.74. The normalized spacial score (nSPS) is 13.2. The van der Waals surface area contributed by atoms with Gasteiger partial charge < -0.3 is 15.7 Å². The lowest BCUT2D eigenvalue weighted by Crippen LogP contribution is -2.39. The fourth-order valence-corrected chi connectivity index (χ4v) is 3.94.